The number of rotatable bonds is 6. The zero-order chi connectivity index (χ0) is 16.6. The van der Waals surface area contributed by atoms with Crippen LogP contribution in [0.15, 0.2) is 23.2 Å². The maximum Gasteiger partial charge on any atom is 0.191 e. The third-order valence-electron chi connectivity index (χ3n) is 2.83. The molecular weight excluding hydrogens is 413 g/mol. The summed E-state index contributed by atoms with van der Waals surface area (Å²) in [4.78, 5) is 4.28. The first kappa shape index (κ1) is 22.0. The van der Waals surface area contributed by atoms with E-state index < -0.39 is 11.6 Å². The summed E-state index contributed by atoms with van der Waals surface area (Å²) in [7, 11) is 0. The van der Waals surface area contributed by atoms with Gasteiger partial charge in [-0.1, -0.05) is 0 Å². The Morgan fingerprint density at radius 1 is 1.13 bits per heavy atom. The topological polar surface area (TPSA) is 48.5 Å². The van der Waals surface area contributed by atoms with E-state index in [9.17, 15) is 8.78 Å². The zero-order valence-corrected chi connectivity index (χ0v) is 16.5. The van der Waals surface area contributed by atoms with Gasteiger partial charge in [0.1, 0.15) is 11.6 Å². The van der Waals surface area contributed by atoms with Gasteiger partial charge in [0.2, 0.25) is 0 Å². The summed E-state index contributed by atoms with van der Waals surface area (Å²) < 4.78 is 26.7. The molecule has 0 aliphatic heterocycles. The van der Waals surface area contributed by atoms with Crippen LogP contribution in [-0.2, 0) is 6.54 Å². The Balaban J connectivity index is 0.00000484. The molecular formula is C16H27F2IN4. The van der Waals surface area contributed by atoms with E-state index in [1.807, 2.05) is 6.92 Å². The van der Waals surface area contributed by atoms with Gasteiger partial charge in [-0.15, -0.1) is 24.0 Å². The Labute approximate surface area is 154 Å². The van der Waals surface area contributed by atoms with E-state index in [0.29, 0.717) is 19.0 Å². The molecule has 0 radical (unpaired) electrons. The molecule has 0 aliphatic rings. The van der Waals surface area contributed by atoms with Gasteiger partial charge in [0, 0.05) is 30.7 Å². The molecule has 0 atom stereocenters. The number of halogens is 3. The minimum absolute atomic E-state index is 0. The second kappa shape index (κ2) is 10.7. The fourth-order valence-corrected chi connectivity index (χ4v) is 1.79. The van der Waals surface area contributed by atoms with Crippen molar-refractivity contribution in [2.24, 2.45) is 4.99 Å². The van der Waals surface area contributed by atoms with Crippen LogP contribution in [0.3, 0.4) is 0 Å². The van der Waals surface area contributed by atoms with Crippen molar-refractivity contribution in [3.05, 3.63) is 35.4 Å². The average Bonchev–Trinajstić information content (AvgIpc) is 2.43. The Morgan fingerprint density at radius 2 is 1.83 bits per heavy atom. The Hall–Kier alpha value is -0.960. The van der Waals surface area contributed by atoms with Gasteiger partial charge in [-0.3, -0.25) is 0 Å². The van der Waals surface area contributed by atoms with Gasteiger partial charge in [0.15, 0.2) is 5.96 Å². The van der Waals surface area contributed by atoms with E-state index >= 15 is 0 Å². The van der Waals surface area contributed by atoms with Crippen LogP contribution in [-0.4, -0.2) is 31.1 Å². The number of hydrogen-bond donors (Lipinski definition) is 3. The summed E-state index contributed by atoms with van der Waals surface area (Å²) in [6, 6.07) is 3.39. The van der Waals surface area contributed by atoms with Crippen molar-refractivity contribution in [3.8, 4) is 0 Å². The molecule has 1 aromatic carbocycles. The van der Waals surface area contributed by atoms with Crippen LogP contribution in [0.25, 0.3) is 0 Å². The maximum absolute atomic E-state index is 13.6. The van der Waals surface area contributed by atoms with Gasteiger partial charge in [-0.25, -0.2) is 13.8 Å². The van der Waals surface area contributed by atoms with Crippen molar-refractivity contribution in [1.29, 1.82) is 0 Å². The summed E-state index contributed by atoms with van der Waals surface area (Å²) in [5.74, 6) is -0.323. The Morgan fingerprint density at radius 3 is 2.43 bits per heavy atom. The van der Waals surface area contributed by atoms with Gasteiger partial charge in [0.25, 0.3) is 0 Å². The molecule has 0 aromatic heterocycles. The molecule has 0 bridgehead atoms. The first-order chi connectivity index (χ1) is 10.3. The molecule has 0 aliphatic carbocycles. The lowest BCUT2D eigenvalue weighted by atomic mass is 10.1. The lowest BCUT2D eigenvalue weighted by Crippen LogP contribution is -2.44. The molecule has 23 heavy (non-hydrogen) atoms. The predicted octanol–water partition coefficient (Wildman–Crippen LogP) is 3.03. The van der Waals surface area contributed by atoms with Crippen LogP contribution < -0.4 is 16.0 Å². The van der Waals surface area contributed by atoms with Gasteiger partial charge in [0.05, 0.1) is 6.54 Å². The van der Waals surface area contributed by atoms with Crippen LogP contribution in [0.1, 0.15) is 33.3 Å². The molecule has 4 nitrogen and oxygen atoms in total. The van der Waals surface area contributed by atoms with E-state index in [2.05, 4.69) is 41.7 Å². The predicted molar refractivity (Wildman–Crippen MR) is 102 cm³/mol. The van der Waals surface area contributed by atoms with Crippen LogP contribution >= 0.6 is 24.0 Å². The molecule has 0 saturated carbocycles. The van der Waals surface area contributed by atoms with Crippen molar-refractivity contribution in [3.63, 3.8) is 0 Å². The number of aliphatic imine (C=N–C) groups is 1. The maximum atomic E-state index is 13.6. The molecule has 0 amide bonds. The van der Waals surface area contributed by atoms with Crippen LogP contribution in [0.2, 0.25) is 0 Å². The van der Waals surface area contributed by atoms with Crippen LogP contribution in [0, 0.1) is 11.6 Å². The first-order valence-corrected chi connectivity index (χ1v) is 7.53. The van der Waals surface area contributed by atoms with E-state index in [4.69, 9.17) is 0 Å². The summed E-state index contributed by atoms with van der Waals surface area (Å²) in [5, 5.41) is 9.59. The van der Waals surface area contributed by atoms with E-state index in [1.165, 1.54) is 6.07 Å². The molecule has 0 fully saturated rings. The number of nitrogens with one attached hydrogen (secondary N) is 3. The second-order valence-corrected chi connectivity index (χ2v) is 6.03. The lowest BCUT2D eigenvalue weighted by molar-refractivity contribution is 0.428. The molecule has 132 valence electrons. The minimum Gasteiger partial charge on any atom is -0.357 e. The normalized spacial score (nSPS) is 11.8. The summed E-state index contributed by atoms with van der Waals surface area (Å²) in [5.41, 5.74) is 0.298. The number of benzene rings is 1. The van der Waals surface area contributed by atoms with Gasteiger partial charge in [-0.2, -0.15) is 0 Å². The highest BCUT2D eigenvalue weighted by molar-refractivity contribution is 14.0. The van der Waals surface area contributed by atoms with Crippen molar-refractivity contribution in [2.45, 2.75) is 39.8 Å². The highest BCUT2D eigenvalue weighted by Crippen LogP contribution is 2.10. The molecule has 0 heterocycles. The molecule has 0 saturated heterocycles. The Bertz CT molecular complexity index is 501. The van der Waals surface area contributed by atoms with Crippen molar-refractivity contribution >= 4 is 29.9 Å². The highest BCUT2D eigenvalue weighted by Gasteiger charge is 2.08. The highest BCUT2D eigenvalue weighted by atomic mass is 127. The third kappa shape index (κ3) is 9.70. The van der Waals surface area contributed by atoms with Gasteiger partial charge >= 0.3 is 0 Å². The standard InChI is InChI=1S/C16H26F2N4.HI/c1-5-19-15(20-8-9-22-16(2,3)4)21-11-12-10-13(17)6-7-14(12)18;/h6-7,10,22H,5,8-9,11H2,1-4H3,(H2,19,20,21);1H. The number of nitrogens with zero attached hydrogens (tertiary/aromatic N) is 1. The van der Waals surface area contributed by atoms with E-state index in [0.717, 1.165) is 18.7 Å². The molecule has 1 rings (SSSR count). The van der Waals surface area contributed by atoms with Crippen LogP contribution in [0.5, 0.6) is 0 Å². The van der Waals surface area contributed by atoms with Crippen molar-refractivity contribution < 1.29 is 8.78 Å². The number of hydrogen-bond acceptors (Lipinski definition) is 2. The quantitative estimate of drug-likeness (QED) is 0.276. The molecule has 0 unspecified atom stereocenters. The molecule has 0 spiro atoms. The lowest BCUT2D eigenvalue weighted by Gasteiger charge is -2.21. The van der Waals surface area contributed by atoms with Gasteiger partial charge < -0.3 is 16.0 Å². The fourth-order valence-electron chi connectivity index (χ4n) is 1.79. The smallest absolute Gasteiger partial charge is 0.191 e. The third-order valence-corrected chi connectivity index (χ3v) is 2.83. The second-order valence-electron chi connectivity index (χ2n) is 6.03. The van der Waals surface area contributed by atoms with Crippen LogP contribution in [0.4, 0.5) is 8.78 Å². The average molecular weight is 440 g/mol. The van der Waals surface area contributed by atoms with Gasteiger partial charge in [-0.05, 0) is 45.9 Å². The fraction of sp³-hybridized carbons (Fsp3) is 0.562. The Kier molecular flexibility index (Phi) is 10.3. The molecule has 1 aromatic rings. The summed E-state index contributed by atoms with van der Waals surface area (Å²) in [6.07, 6.45) is 0. The monoisotopic (exact) mass is 440 g/mol. The summed E-state index contributed by atoms with van der Waals surface area (Å²) in [6.45, 7) is 10.5. The van der Waals surface area contributed by atoms with E-state index in [-0.39, 0.29) is 41.6 Å². The van der Waals surface area contributed by atoms with Crippen molar-refractivity contribution in [1.82, 2.24) is 16.0 Å². The SMILES string of the molecule is CCNC(=NCc1cc(F)ccc1F)NCCNC(C)(C)C.I. The minimum atomic E-state index is -0.459. The molecule has 7 heteroatoms. The molecule has 3 N–H and O–H groups in total. The largest absolute Gasteiger partial charge is 0.357 e. The van der Waals surface area contributed by atoms with Crippen molar-refractivity contribution in [2.75, 3.05) is 19.6 Å². The van der Waals surface area contributed by atoms with E-state index in [1.54, 1.807) is 0 Å². The first-order valence-electron chi connectivity index (χ1n) is 7.53. The zero-order valence-electron chi connectivity index (χ0n) is 14.2. The summed E-state index contributed by atoms with van der Waals surface area (Å²) >= 11 is 0. The number of guanidine groups is 1.